The summed E-state index contributed by atoms with van der Waals surface area (Å²) in [5.41, 5.74) is 2.97. The molecule has 1 heterocycles. The van der Waals surface area contributed by atoms with Gasteiger partial charge in [-0.05, 0) is 37.7 Å². The van der Waals surface area contributed by atoms with Crippen molar-refractivity contribution in [1.82, 2.24) is 10.3 Å². The lowest BCUT2D eigenvalue weighted by molar-refractivity contribution is 0.571. The van der Waals surface area contributed by atoms with Crippen molar-refractivity contribution in [3.8, 4) is 0 Å². The summed E-state index contributed by atoms with van der Waals surface area (Å²) in [5, 5.41) is 8.07. The Balaban J connectivity index is 0.00000363. The van der Waals surface area contributed by atoms with Crippen LogP contribution in [0.25, 0.3) is 0 Å². The fourth-order valence-corrected chi connectivity index (χ4v) is 5.03. The fraction of sp³-hybridized carbons (Fsp3) is 0.250. The molecule has 0 aliphatic rings. The number of benzene rings is 2. The molecular weight excluding hydrogens is 496 g/mol. The molecule has 7 nitrogen and oxygen atoms in total. The number of aromatic nitrogens is 1. The van der Waals surface area contributed by atoms with E-state index in [1.165, 1.54) is 6.20 Å². The normalized spacial score (nSPS) is 11.0. The molecule has 2 aromatic carbocycles. The van der Waals surface area contributed by atoms with E-state index >= 15 is 0 Å². The van der Waals surface area contributed by atoms with Gasteiger partial charge >= 0.3 is 0 Å². The van der Waals surface area contributed by atoms with E-state index < -0.39 is 20.7 Å². The number of hydrogen-bond donors (Lipinski definition) is 3. The number of aryl methyl sites for hydroxylation is 1. The minimum Gasteiger partial charge on any atom is -0.372 e. The first kappa shape index (κ1) is 26.1. The highest BCUT2D eigenvalue weighted by Gasteiger charge is 2.23. The smallest absolute Gasteiger partial charge is 0.266 e. The molecule has 0 bridgehead atoms. The first-order valence-corrected chi connectivity index (χ1v) is 12.1. The number of sulfonamides is 1. The highest BCUT2D eigenvalue weighted by atomic mass is 35.5. The second-order valence-corrected chi connectivity index (χ2v) is 9.83. The van der Waals surface area contributed by atoms with Crippen molar-refractivity contribution in [3.63, 3.8) is 0 Å². The Kier molecular flexibility index (Phi) is 9.11. The first-order chi connectivity index (χ1) is 14.7. The zero-order valence-electron chi connectivity index (χ0n) is 17.6. The van der Waals surface area contributed by atoms with Crippen LogP contribution in [-0.4, -0.2) is 40.6 Å². The van der Waals surface area contributed by atoms with Gasteiger partial charge in [0.15, 0.2) is 5.13 Å². The summed E-state index contributed by atoms with van der Waals surface area (Å²) in [7, 11) is -0.331. The van der Waals surface area contributed by atoms with Crippen LogP contribution in [0.2, 0.25) is 5.02 Å². The SMILES string of the molecule is CNCCN(C)c1cc(C)ccc1Nc1cc(F)c(S(=O)(=O)Nc2nccs2)cc1Cl.Cl. The predicted molar refractivity (Wildman–Crippen MR) is 133 cm³/mol. The van der Waals surface area contributed by atoms with Crippen molar-refractivity contribution in [1.29, 1.82) is 0 Å². The van der Waals surface area contributed by atoms with Gasteiger partial charge in [0.2, 0.25) is 0 Å². The summed E-state index contributed by atoms with van der Waals surface area (Å²) >= 11 is 7.42. The molecule has 0 aliphatic heterocycles. The number of halogens is 3. The second-order valence-electron chi connectivity index (χ2n) is 6.88. The van der Waals surface area contributed by atoms with Gasteiger partial charge in [-0.15, -0.1) is 23.7 Å². The number of rotatable bonds is 9. The average Bonchev–Trinajstić information content (AvgIpc) is 3.22. The maximum Gasteiger partial charge on any atom is 0.266 e. The lowest BCUT2D eigenvalue weighted by Gasteiger charge is -2.24. The van der Waals surface area contributed by atoms with Crippen LogP contribution in [0.4, 0.5) is 26.6 Å². The summed E-state index contributed by atoms with van der Waals surface area (Å²) in [6.07, 6.45) is 1.45. The predicted octanol–water partition coefficient (Wildman–Crippen LogP) is 4.87. The van der Waals surface area contributed by atoms with Gasteiger partial charge in [0.25, 0.3) is 10.0 Å². The van der Waals surface area contributed by atoms with Crippen LogP contribution in [0.1, 0.15) is 5.56 Å². The van der Waals surface area contributed by atoms with Crippen molar-refractivity contribution in [2.45, 2.75) is 11.8 Å². The minimum atomic E-state index is -4.17. The Morgan fingerprint density at radius 3 is 2.62 bits per heavy atom. The van der Waals surface area contributed by atoms with E-state index in [0.29, 0.717) is 0 Å². The van der Waals surface area contributed by atoms with Crippen molar-refractivity contribution in [2.24, 2.45) is 0 Å². The molecule has 0 aliphatic carbocycles. The van der Waals surface area contributed by atoms with Gasteiger partial charge in [-0.1, -0.05) is 17.7 Å². The van der Waals surface area contributed by atoms with Gasteiger partial charge < -0.3 is 15.5 Å². The minimum absolute atomic E-state index is 0. The molecule has 3 N–H and O–H groups in total. The number of anilines is 4. The molecule has 1 aromatic heterocycles. The fourth-order valence-electron chi connectivity index (χ4n) is 2.88. The number of likely N-dealkylation sites (N-methyl/N-ethyl adjacent to an activating group) is 2. The van der Waals surface area contributed by atoms with E-state index in [1.807, 2.05) is 39.2 Å². The lowest BCUT2D eigenvalue weighted by atomic mass is 10.1. The molecule has 12 heteroatoms. The third-order valence-corrected chi connectivity index (χ3v) is 6.98. The zero-order valence-corrected chi connectivity index (χ0v) is 20.9. The topological polar surface area (TPSA) is 86.4 Å². The van der Waals surface area contributed by atoms with E-state index in [1.54, 1.807) is 5.38 Å². The molecule has 0 unspecified atom stereocenters. The van der Waals surface area contributed by atoms with E-state index in [0.717, 1.165) is 53.5 Å². The first-order valence-electron chi connectivity index (χ1n) is 9.36. The van der Waals surface area contributed by atoms with Crippen LogP contribution in [0.3, 0.4) is 0 Å². The third kappa shape index (κ3) is 6.23. The Hall–Kier alpha value is -2.11. The monoisotopic (exact) mass is 519 g/mol. The Morgan fingerprint density at radius 1 is 1.22 bits per heavy atom. The number of nitrogens with zero attached hydrogens (tertiary/aromatic N) is 2. The molecule has 0 amide bonds. The van der Waals surface area contributed by atoms with E-state index in [2.05, 4.69) is 25.2 Å². The van der Waals surface area contributed by atoms with Crippen molar-refractivity contribution < 1.29 is 12.8 Å². The Bertz CT molecular complexity index is 1160. The van der Waals surface area contributed by atoms with Gasteiger partial charge in [-0.25, -0.2) is 17.8 Å². The van der Waals surface area contributed by atoms with Gasteiger partial charge in [0, 0.05) is 37.8 Å². The Labute approximate surface area is 202 Å². The molecule has 32 heavy (non-hydrogen) atoms. The van der Waals surface area contributed by atoms with E-state index in [9.17, 15) is 12.8 Å². The highest BCUT2D eigenvalue weighted by molar-refractivity contribution is 7.93. The molecule has 3 aromatic rings. The van der Waals surface area contributed by atoms with Gasteiger partial charge in [0.1, 0.15) is 10.7 Å². The summed E-state index contributed by atoms with van der Waals surface area (Å²) in [5.74, 6) is -0.923. The van der Waals surface area contributed by atoms with E-state index in [4.69, 9.17) is 11.6 Å². The van der Waals surface area contributed by atoms with Crippen LogP contribution in [0.15, 0.2) is 46.8 Å². The van der Waals surface area contributed by atoms with Crippen LogP contribution in [-0.2, 0) is 10.0 Å². The average molecular weight is 520 g/mol. The van der Waals surface area contributed by atoms with Crippen molar-refractivity contribution in [2.75, 3.05) is 42.1 Å². The molecule has 0 atom stereocenters. The molecule has 0 saturated carbocycles. The van der Waals surface area contributed by atoms with Crippen molar-refractivity contribution >= 4 is 67.6 Å². The maximum atomic E-state index is 14.8. The molecule has 0 saturated heterocycles. The van der Waals surface area contributed by atoms with Gasteiger partial charge in [-0.3, -0.25) is 4.72 Å². The van der Waals surface area contributed by atoms with Gasteiger partial charge in [0.05, 0.1) is 22.1 Å². The molecule has 3 rings (SSSR count). The number of nitrogens with one attached hydrogen (secondary N) is 3. The van der Waals surface area contributed by atoms with Crippen LogP contribution in [0, 0.1) is 12.7 Å². The van der Waals surface area contributed by atoms with Crippen LogP contribution in [0.5, 0.6) is 0 Å². The summed E-state index contributed by atoms with van der Waals surface area (Å²) in [6.45, 7) is 3.54. The second kappa shape index (κ2) is 11.2. The molecule has 0 fully saturated rings. The van der Waals surface area contributed by atoms with Gasteiger partial charge in [-0.2, -0.15) is 0 Å². The lowest BCUT2D eigenvalue weighted by Crippen LogP contribution is -2.27. The van der Waals surface area contributed by atoms with Crippen molar-refractivity contribution in [3.05, 3.63) is 58.3 Å². The molecular formula is C20H24Cl2FN5O2S2. The molecule has 174 valence electrons. The maximum absolute atomic E-state index is 14.8. The number of hydrogen-bond acceptors (Lipinski definition) is 7. The zero-order chi connectivity index (χ0) is 22.6. The highest BCUT2D eigenvalue weighted by Crippen LogP contribution is 2.35. The standard InChI is InChI=1S/C20H23ClFN5O2S2.ClH/c1-13-4-5-16(18(10-13)27(3)8-6-23-2)25-17-12-15(22)19(11-14(17)21)31(28,29)26-20-24-7-9-30-20;/h4-5,7,9-12,23,25H,6,8H2,1-3H3,(H,24,26);1H. The number of thiazole rings is 1. The van der Waals surface area contributed by atoms with Crippen LogP contribution >= 0.6 is 35.3 Å². The quantitative estimate of drug-likeness (QED) is 0.374. The molecule has 0 radical (unpaired) electrons. The largest absolute Gasteiger partial charge is 0.372 e. The third-order valence-electron chi connectivity index (χ3n) is 4.50. The summed E-state index contributed by atoms with van der Waals surface area (Å²) < 4.78 is 42.1. The molecule has 0 spiro atoms. The summed E-state index contributed by atoms with van der Waals surface area (Å²) in [6, 6.07) is 7.99. The Morgan fingerprint density at radius 2 is 1.97 bits per heavy atom. The van der Waals surface area contributed by atoms with E-state index in [-0.39, 0.29) is 28.2 Å². The van der Waals surface area contributed by atoms with Crippen LogP contribution < -0.4 is 20.3 Å². The summed E-state index contributed by atoms with van der Waals surface area (Å²) in [4.78, 5) is 5.37.